The first-order chi connectivity index (χ1) is 5.56. The quantitative estimate of drug-likeness (QED) is 0.242. The molecule has 0 aromatic heterocycles. The minimum absolute atomic E-state index is 0.834. The maximum absolute atomic E-state index is 13.1. The van der Waals surface area contributed by atoms with Crippen LogP contribution in [0.4, 0.5) is 4.11 Å². The van der Waals surface area contributed by atoms with E-state index in [-0.39, 0.29) is 0 Å². The number of hydrogen-bond donors (Lipinski definition) is 0. The van der Waals surface area contributed by atoms with Crippen molar-refractivity contribution in [3.63, 3.8) is 0 Å². The van der Waals surface area contributed by atoms with E-state index in [9.17, 15) is 4.11 Å². The van der Waals surface area contributed by atoms with Crippen molar-refractivity contribution in [1.29, 1.82) is 0 Å². The molecular weight excluding hydrogens is 167 g/mol. The zero-order valence-electron chi connectivity index (χ0n) is 8.41. The van der Waals surface area contributed by atoms with E-state index in [0.29, 0.717) is 0 Å². The molecule has 0 aromatic rings. The van der Waals surface area contributed by atoms with Crippen LogP contribution in [0.25, 0.3) is 0 Å². The summed E-state index contributed by atoms with van der Waals surface area (Å²) >= 11 is 0. The predicted molar refractivity (Wildman–Crippen MR) is 56.7 cm³/mol. The zero-order chi connectivity index (χ0) is 9.45. The Kier molecular flexibility index (Phi) is 6.35. The van der Waals surface area contributed by atoms with Crippen molar-refractivity contribution in [2.45, 2.75) is 51.2 Å². The molecule has 0 aliphatic carbocycles. The Bertz CT molecular complexity index is 115. The van der Waals surface area contributed by atoms with Gasteiger partial charge >= 0.3 is 0 Å². The van der Waals surface area contributed by atoms with Gasteiger partial charge in [-0.3, -0.25) is 0 Å². The summed E-state index contributed by atoms with van der Waals surface area (Å²) in [5, 5.41) is 0. The van der Waals surface area contributed by atoms with Gasteiger partial charge in [-0.15, -0.1) is 6.58 Å². The van der Waals surface area contributed by atoms with Crippen molar-refractivity contribution in [3.05, 3.63) is 12.7 Å². The molecule has 0 fully saturated rings. The molecule has 72 valence electrons. The van der Waals surface area contributed by atoms with Crippen LogP contribution in [0.1, 0.15) is 32.1 Å². The summed E-state index contributed by atoms with van der Waals surface area (Å²) in [6.45, 7) is 7.24. The van der Waals surface area contributed by atoms with Gasteiger partial charge in [0, 0.05) is 0 Å². The first-order valence-corrected chi connectivity index (χ1v) is 7.94. The van der Waals surface area contributed by atoms with Crippen LogP contribution in [0.2, 0.25) is 19.1 Å². The Labute approximate surface area is 77.1 Å². The van der Waals surface area contributed by atoms with Gasteiger partial charge in [-0.05, 0) is 32.0 Å². The van der Waals surface area contributed by atoms with E-state index in [2.05, 4.69) is 6.58 Å². The van der Waals surface area contributed by atoms with Crippen molar-refractivity contribution >= 4 is 8.41 Å². The molecule has 0 aliphatic heterocycles. The van der Waals surface area contributed by atoms with E-state index in [0.717, 1.165) is 18.9 Å². The summed E-state index contributed by atoms with van der Waals surface area (Å²) in [6.07, 6.45) is 7.78. The number of halogens is 1. The lowest BCUT2D eigenvalue weighted by Gasteiger charge is -2.09. The van der Waals surface area contributed by atoms with E-state index >= 15 is 0 Å². The van der Waals surface area contributed by atoms with Crippen molar-refractivity contribution in [2.24, 2.45) is 0 Å². The Hall–Kier alpha value is -0.113. The highest BCUT2D eigenvalue weighted by molar-refractivity contribution is 6.70. The first-order valence-electron chi connectivity index (χ1n) is 4.86. The third kappa shape index (κ3) is 9.89. The van der Waals surface area contributed by atoms with E-state index < -0.39 is 8.41 Å². The molecule has 0 rings (SSSR count). The average Bonchev–Trinajstić information content (AvgIpc) is 1.94. The summed E-state index contributed by atoms with van der Waals surface area (Å²) < 4.78 is 13.1. The van der Waals surface area contributed by atoms with Crippen molar-refractivity contribution in [3.8, 4) is 0 Å². The number of rotatable bonds is 7. The summed E-state index contributed by atoms with van der Waals surface area (Å²) in [6, 6.07) is 0.834. The van der Waals surface area contributed by atoms with Crippen LogP contribution in [0, 0.1) is 0 Å². The summed E-state index contributed by atoms with van der Waals surface area (Å²) in [7, 11) is -2.25. The molecule has 12 heavy (non-hydrogen) atoms. The molecule has 0 N–H and O–H groups in total. The molecule has 0 bridgehead atoms. The fourth-order valence-corrected chi connectivity index (χ4v) is 2.28. The molecule has 0 aliphatic rings. The van der Waals surface area contributed by atoms with Gasteiger partial charge in [0.1, 0.15) is 0 Å². The maximum Gasteiger partial charge on any atom is 0.240 e. The van der Waals surface area contributed by atoms with E-state index in [1.165, 1.54) is 19.3 Å². The molecule has 0 atom stereocenters. The highest BCUT2D eigenvalue weighted by Gasteiger charge is 2.18. The fourth-order valence-electron chi connectivity index (χ4n) is 1.19. The number of unbranched alkanes of at least 4 members (excludes halogenated alkanes) is 4. The first kappa shape index (κ1) is 11.9. The van der Waals surface area contributed by atoms with Gasteiger partial charge in [0.25, 0.3) is 0 Å². The van der Waals surface area contributed by atoms with Crippen LogP contribution in [0.5, 0.6) is 0 Å². The normalized spacial score (nSPS) is 11.6. The van der Waals surface area contributed by atoms with Gasteiger partial charge in [0.15, 0.2) is 0 Å². The van der Waals surface area contributed by atoms with Crippen LogP contribution in [0.3, 0.4) is 0 Å². The highest BCUT2D eigenvalue weighted by Crippen LogP contribution is 2.16. The van der Waals surface area contributed by atoms with Crippen molar-refractivity contribution in [2.75, 3.05) is 0 Å². The lowest BCUT2D eigenvalue weighted by molar-refractivity contribution is 0.656. The minimum Gasteiger partial charge on any atom is -0.314 e. The van der Waals surface area contributed by atoms with Crippen molar-refractivity contribution in [1.82, 2.24) is 0 Å². The summed E-state index contributed by atoms with van der Waals surface area (Å²) in [5.74, 6) is 0. The van der Waals surface area contributed by atoms with Gasteiger partial charge in [0.05, 0.1) is 0 Å². The minimum atomic E-state index is -2.25. The third-order valence-electron chi connectivity index (χ3n) is 1.93. The molecule has 0 saturated heterocycles. The maximum atomic E-state index is 13.1. The largest absolute Gasteiger partial charge is 0.314 e. The van der Waals surface area contributed by atoms with E-state index in [4.69, 9.17) is 0 Å². The van der Waals surface area contributed by atoms with Gasteiger partial charge in [-0.25, -0.2) is 0 Å². The van der Waals surface area contributed by atoms with Gasteiger partial charge in [-0.1, -0.05) is 25.3 Å². The molecule has 0 radical (unpaired) electrons. The molecule has 0 saturated carbocycles. The molecular formula is C10H21FSi. The summed E-state index contributed by atoms with van der Waals surface area (Å²) in [4.78, 5) is 0. The van der Waals surface area contributed by atoms with Crippen LogP contribution in [-0.2, 0) is 0 Å². The van der Waals surface area contributed by atoms with Crippen LogP contribution in [-0.4, -0.2) is 8.41 Å². The molecule has 0 heterocycles. The van der Waals surface area contributed by atoms with Crippen LogP contribution in [0.15, 0.2) is 12.7 Å². The van der Waals surface area contributed by atoms with Gasteiger partial charge in [0.2, 0.25) is 8.41 Å². The van der Waals surface area contributed by atoms with Crippen LogP contribution >= 0.6 is 0 Å². The Balaban J connectivity index is 3.06. The lowest BCUT2D eigenvalue weighted by Crippen LogP contribution is -2.16. The topological polar surface area (TPSA) is 0 Å². The average molecular weight is 188 g/mol. The van der Waals surface area contributed by atoms with E-state index in [1.54, 1.807) is 13.1 Å². The Morgan fingerprint density at radius 2 is 1.75 bits per heavy atom. The molecule has 0 amide bonds. The Morgan fingerprint density at radius 3 is 2.25 bits per heavy atom. The second-order valence-corrected chi connectivity index (χ2v) is 7.90. The second-order valence-electron chi connectivity index (χ2n) is 3.96. The molecule has 0 unspecified atom stereocenters. The molecule has 0 spiro atoms. The lowest BCUT2D eigenvalue weighted by atomic mass is 10.1. The van der Waals surface area contributed by atoms with Gasteiger partial charge in [-0.2, -0.15) is 0 Å². The highest BCUT2D eigenvalue weighted by atomic mass is 28.4. The third-order valence-corrected chi connectivity index (χ3v) is 3.47. The summed E-state index contributed by atoms with van der Waals surface area (Å²) in [5.41, 5.74) is 0. The number of allylic oxidation sites excluding steroid dienone is 1. The Morgan fingerprint density at radius 1 is 1.17 bits per heavy atom. The number of hydrogen-bond acceptors (Lipinski definition) is 0. The smallest absolute Gasteiger partial charge is 0.240 e. The standard InChI is InChI=1S/C10H21FSi/c1-4-5-6-7-8-9-10-12(2,3)11/h4H,1,5-10H2,2-3H3. The molecule has 0 aromatic carbocycles. The SMILES string of the molecule is C=CCCCCCC[Si](C)(C)F. The van der Waals surface area contributed by atoms with Gasteiger partial charge < -0.3 is 4.11 Å². The fraction of sp³-hybridized carbons (Fsp3) is 0.800. The molecule has 0 nitrogen and oxygen atoms in total. The monoisotopic (exact) mass is 188 g/mol. The predicted octanol–water partition coefficient (Wildman–Crippen LogP) is 4.30. The molecule has 2 heteroatoms. The van der Waals surface area contributed by atoms with Crippen LogP contribution < -0.4 is 0 Å². The zero-order valence-corrected chi connectivity index (χ0v) is 9.41. The van der Waals surface area contributed by atoms with Crippen molar-refractivity contribution < 1.29 is 4.11 Å². The second kappa shape index (κ2) is 6.41. The van der Waals surface area contributed by atoms with E-state index in [1.807, 2.05) is 6.08 Å².